The maximum atomic E-state index is 11.9. The molecule has 2 aliphatic carbocycles. The van der Waals surface area contributed by atoms with Crippen LogP contribution < -0.4 is 0 Å². The molecular formula is C15H20O4. The summed E-state index contributed by atoms with van der Waals surface area (Å²) in [7, 11) is 0. The van der Waals surface area contributed by atoms with E-state index in [9.17, 15) is 14.7 Å². The molecule has 2 aliphatic rings. The SMILES string of the molecule is C=C(C(=O)O)[C@@H]1CC[C@]2(C)C(=C(C)C(=O)C[C@H]2O)C1. The van der Waals surface area contributed by atoms with Crippen molar-refractivity contribution in [2.24, 2.45) is 11.3 Å². The molecule has 0 bridgehead atoms. The maximum Gasteiger partial charge on any atom is 0.331 e. The molecule has 0 aromatic carbocycles. The predicted octanol–water partition coefficient (Wildman–Crippen LogP) is 2.08. The Morgan fingerprint density at radius 2 is 2.05 bits per heavy atom. The third-order valence-corrected chi connectivity index (χ3v) is 4.90. The summed E-state index contributed by atoms with van der Waals surface area (Å²) in [5, 5.41) is 19.2. The molecule has 2 N–H and O–H groups in total. The average Bonchev–Trinajstić information content (AvgIpc) is 2.35. The van der Waals surface area contributed by atoms with E-state index in [0.717, 1.165) is 5.57 Å². The normalized spacial score (nSPS) is 35.0. The van der Waals surface area contributed by atoms with Crippen LogP contribution in [0.4, 0.5) is 0 Å². The number of carbonyl (C=O) groups excluding carboxylic acids is 1. The molecule has 1 saturated carbocycles. The summed E-state index contributed by atoms with van der Waals surface area (Å²) in [6.45, 7) is 7.39. The number of aliphatic hydroxyl groups excluding tert-OH is 1. The van der Waals surface area contributed by atoms with E-state index in [1.54, 1.807) is 6.92 Å². The van der Waals surface area contributed by atoms with Crippen LogP contribution in [0.3, 0.4) is 0 Å². The van der Waals surface area contributed by atoms with Gasteiger partial charge in [-0.3, -0.25) is 4.79 Å². The summed E-state index contributed by atoms with van der Waals surface area (Å²) in [5.41, 5.74) is 1.45. The summed E-state index contributed by atoms with van der Waals surface area (Å²) in [4.78, 5) is 22.9. The fraction of sp³-hybridized carbons (Fsp3) is 0.600. The molecule has 0 saturated heterocycles. The highest BCUT2D eigenvalue weighted by Crippen LogP contribution is 2.51. The smallest absolute Gasteiger partial charge is 0.331 e. The van der Waals surface area contributed by atoms with Crippen LogP contribution in [0.25, 0.3) is 0 Å². The number of allylic oxidation sites excluding steroid dienone is 1. The van der Waals surface area contributed by atoms with Crippen LogP contribution in [0.5, 0.6) is 0 Å². The zero-order valence-electron chi connectivity index (χ0n) is 11.4. The van der Waals surface area contributed by atoms with Crippen molar-refractivity contribution in [3.63, 3.8) is 0 Å². The number of ketones is 1. The second-order valence-electron chi connectivity index (χ2n) is 5.93. The third kappa shape index (κ3) is 2.14. The molecule has 4 heteroatoms. The Hall–Kier alpha value is -1.42. The number of carboxylic acid groups (broad SMARTS) is 1. The molecule has 0 heterocycles. The Bertz CT molecular complexity index is 488. The number of fused-ring (bicyclic) bond motifs is 1. The lowest BCUT2D eigenvalue weighted by molar-refractivity contribution is -0.133. The van der Waals surface area contributed by atoms with Crippen molar-refractivity contribution in [1.82, 2.24) is 0 Å². The van der Waals surface area contributed by atoms with Gasteiger partial charge in [0.1, 0.15) is 0 Å². The Kier molecular flexibility index (Phi) is 3.39. The summed E-state index contributed by atoms with van der Waals surface area (Å²) in [5.74, 6) is -1.13. The van der Waals surface area contributed by atoms with Crippen molar-refractivity contribution >= 4 is 11.8 Å². The van der Waals surface area contributed by atoms with E-state index in [0.29, 0.717) is 24.8 Å². The first-order valence-electron chi connectivity index (χ1n) is 6.61. The lowest BCUT2D eigenvalue weighted by atomic mass is 9.59. The minimum Gasteiger partial charge on any atom is -0.478 e. The van der Waals surface area contributed by atoms with Gasteiger partial charge >= 0.3 is 5.97 Å². The monoisotopic (exact) mass is 264 g/mol. The van der Waals surface area contributed by atoms with Crippen LogP contribution in [0.1, 0.15) is 39.5 Å². The van der Waals surface area contributed by atoms with Gasteiger partial charge in [0.15, 0.2) is 5.78 Å². The third-order valence-electron chi connectivity index (χ3n) is 4.90. The van der Waals surface area contributed by atoms with Crippen molar-refractivity contribution in [3.05, 3.63) is 23.3 Å². The molecule has 3 atom stereocenters. The Morgan fingerprint density at radius 3 is 2.63 bits per heavy atom. The van der Waals surface area contributed by atoms with E-state index in [1.807, 2.05) is 6.92 Å². The molecule has 0 amide bonds. The largest absolute Gasteiger partial charge is 0.478 e. The number of aliphatic carboxylic acids is 1. The van der Waals surface area contributed by atoms with Crippen LogP contribution in [-0.2, 0) is 9.59 Å². The molecule has 4 nitrogen and oxygen atoms in total. The zero-order chi connectivity index (χ0) is 14.4. The van der Waals surface area contributed by atoms with Crippen molar-refractivity contribution in [3.8, 4) is 0 Å². The van der Waals surface area contributed by atoms with Crippen molar-refractivity contribution < 1.29 is 19.8 Å². The lowest BCUT2D eigenvalue weighted by Gasteiger charge is -2.46. The summed E-state index contributed by atoms with van der Waals surface area (Å²) in [6.07, 6.45) is 1.44. The van der Waals surface area contributed by atoms with Crippen LogP contribution in [0, 0.1) is 11.3 Å². The van der Waals surface area contributed by atoms with Gasteiger partial charge in [0.25, 0.3) is 0 Å². The highest BCUT2D eigenvalue weighted by Gasteiger charge is 2.46. The molecule has 0 spiro atoms. The second-order valence-corrected chi connectivity index (χ2v) is 5.93. The highest BCUT2D eigenvalue weighted by molar-refractivity contribution is 5.97. The van der Waals surface area contributed by atoms with Gasteiger partial charge in [-0.1, -0.05) is 19.1 Å². The number of Topliss-reactive ketones (excluding diaryl/α,β-unsaturated/α-hetero) is 1. The van der Waals surface area contributed by atoms with Gasteiger partial charge in [0, 0.05) is 17.4 Å². The summed E-state index contributed by atoms with van der Waals surface area (Å²) < 4.78 is 0. The van der Waals surface area contributed by atoms with E-state index in [2.05, 4.69) is 6.58 Å². The van der Waals surface area contributed by atoms with E-state index in [1.165, 1.54) is 0 Å². The molecule has 2 rings (SSSR count). The first-order chi connectivity index (χ1) is 8.77. The Morgan fingerprint density at radius 1 is 1.42 bits per heavy atom. The van der Waals surface area contributed by atoms with Gasteiger partial charge < -0.3 is 10.2 Å². The second kappa shape index (κ2) is 4.60. The van der Waals surface area contributed by atoms with Gasteiger partial charge in [0.05, 0.1) is 6.10 Å². The van der Waals surface area contributed by atoms with E-state index >= 15 is 0 Å². The number of rotatable bonds is 2. The van der Waals surface area contributed by atoms with Gasteiger partial charge in [-0.2, -0.15) is 0 Å². The zero-order valence-corrected chi connectivity index (χ0v) is 11.4. The number of hydrogen-bond donors (Lipinski definition) is 2. The summed E-state index contributed by atoms with van der Waals surface area (Å²) in [6, 6.07) is 0. The number of carboxylic acids is 1. The summed E-state index contributed by atoms with van der Waals surface area (Å²) >= 11 is 0. The highest BCUT2D eigenvalue weighted by atomic mass is 16.4. The molecule has 0 aliphatic heterocycles. The first kappa shape index (κ1) is 14.0. The van der Waals surface area contributed by atoms with Crippen LogP contribution in [0.15, 0.2) is 23.3 Å². The molecule has 0 aromatic heterocycles. The molecule has 0 radical (unpaired) electrons. The van der Waals surface area contributed by atoms with Gasteiger partial charge in [0.2, 0.25) is 0 Å². The molecule has 0 unspecified atom stereocenters. The lowest BCUT2D eigenvalue weighted by Crippen LogP contribution is -2.44. The van der Waals surface area contributed by atoms with Crippen LogP contribution in [-0.4, -0.2) is 28.1 Å². The number of hydrogen-bond acceptors (Lipinski definition) is 3. The van der Waals surface area contributed by atoms with Gasteiger partial charge in [-0.25, -0.2) is 4.79 Å². The van der Waals surface area contributed by atoms with Crippen LogP contribution >= 0.6 is 0 Å². The quantitative estimate of drug-likeness (QED) is 0.749. The standard InChI is InChI=1S/C15H20O4/c1-8(14(18)19)10-4-5-15(3)11(6-10)9(2)12(16)7-13(15)17/h10,13,17H,1,4-7H2,2-3H3,(H,18,19)/t10-,13-,15-/m1/s1. The first-order valence-corrected chi connectivity index (χ1v) is 6.61. The molecule has 1 fully saturated rings. The molecule has 0 aromatic rings. The van der Waals surface area contributed by atoms with Gasteiger partial charge in [-0.15, -0.1) is 0 Å². The van der Waals surface area contributed by atoms with E-state index in [-0.39, 0.29) is 29.1 Å². The topological polar surface area (TPSA) is 74.6 Å². The number of carbonyl (C=O) groups is 2. The Balaban J connectivity index is 2.36. The minimum atomic E-state index is -0.977. The van der Waals surface area contributed by atoms with Gasteiger partial charge in [-0.05, 0) is 37.7 Å². The van der Waals surface area contributed by atoms with Crippen molar-refractivity contribution in [2.75, 3.05) is 0 Å². The van der Waals surface area contributed by atoms with Crippen LogP contribution in [0.2, 0.25) is 0 Å². The molecule has 19 heavy (non-hydrogen) atoms. The van der Waals surface area contributed by atoms with E-state index < -0.39 is 12.1 Å². The fourth-order valence-electron chi connectivity index (χ4n) is 3.35. The average molecular weight is 264 g/mol. The Labute approximate surface area is 112 Å². The molecule has 104 valence electrons. The predicted molar refractivity (Wildman–Crippen MR) is 70.6 cm³/mol. The van der Waals surface area contributed by atoms with Crippen molar-refractivity contribution in [2.45, 2.75) is 45.6 Å². The fourth-order valence-corrected chi connectivity index (χ4v) is 3.35. The maximum absolute atomic E-state index is 11.9. The van der Waals surface area contributed by atoms with E-state index in [4.69, 9.17) is 5.11 Å². The number of aliphatic hydroxyl groups is 1. The molecular weight excluding hydrogens is 244 g/mol. The van der Waals surface area contributed by atoms with Crippen molar-refractivity contribution in [1.29, 1.82) is 0 Å². The minimum absolute atomic E-state index is 0.0263.